The van der Waals surface area contributed by atoms with Crippen LogP contribution in [0, 0.1) is 5.82 Å². The number of aromatic nitrogens is 1. The molecule has 1 amide bonds. The van der Waals surface area contributed by atoms with E-state index in [1.54, 1.807) is 17.0 Å². The van der Waals surface area contributed by atoms with Crippen LogP contribution in [-0.2, 0) is 13.0 Å². The Balaban J connectivity index is 1.62. The van der Waals surface area contributed by atoms with Crippen LogP contribution in [0.15, 0.2) is 66.9 Å². The van der Waals surface area contributed by atoms with E-state index in [9.17, 15) is 9.18 Å². The molecular formula is C25H27FN2O. The van der Waals surface area contributed by atoms with Crippen molar-refractivity contribution < 1.29 is 9.18 Å². The Morgan fingerprint density at radius 2 is 1.79 bits per heavy atom. The van der Waals surface area contributed by atoms with Crippen LogP contribution in [0.3, 0.4) is 0 Å². The summed E-state index contributed by atoms with van der Waals surface area (Å²) in [6, 6.07) is 18.2. The number of rotatable bonds is 6. The lowest BCUT2D eigenvalue weighted by atomic mass is 9.98. The Bertz CT molecular complexity index is 976. The molecule has 0 N–H and O–H groups in total. The Hall–Kier alpha value is -2.88. The molecule has 1 atom stereocenters. The molecule has 0 aliphatic carbocycles. The summed E-state index contributed by atoms with van der Waals surface area (Å²) in [5, 5.41) is 0. The van der Waals surface area contributed by atoms with Crippen LogP contribution < -0.4 is 0 Å². The zero-order valence-electron chi connectivity index (χ0n) is 16.9. The highest BCUT2D eigenvalue weighted by Crippen LogP contribution is 2.34. The SMILES string of the molecule is CCCCCc1ccc(C(=O)N2CCn3cccc3C2c2ccccc2F)cc1. The van der Waals surface area contributed by atoms with Crippen molar-refractivity contribution >= 4 is 5.91 Å². The Labute approximate surface area is 171 Å². The van der Waals surface area contributed by atoms with E-state index in [-0.39, 0.29) is 11.7 Å². The molecule has 29 heavy (non-hydrogen) atoms. The predicted molar refractivity (Wildman–Crippen MR) is 113 cm³/mol. The van der Waals surface area contributed by atoms with Crippen LogP contribution in [0.4, 0.5) is 4.39 Å². The number of carbonyl (C=O) groups is 1. The maximum Gasteiger partial charge on any atom is 0.254 e. The topological polar surface area (TPSA) is 25.2 Å². The number of hydrogen-bond donors (Lipinski definition) is 0. The first-order chi connectivity index (χ1) is 14.2. The highest BCUT2D eigenvalue weighted by molar-refractivity contribution is 5.94. The molecule has 1 unspecified atom stereocenters. The van der Waals surface area contributed by atoms with Crippen LogP contribution in [0.2, 0.25) is 0 Å². The third kappa shape index (κ3) is 3.98. The van der Waals surface area contributed by atoms with Crippen molar-refractivity contribution in [1.29, 1.82) is 0 Å². The van der Waals surface area contributed by atoms with Gasteiger partial charge in [0, 0.05) is 36.1 Å². The van der Waals surface area contributed by atoms with Gasteiger partial charge in [0.1, 0.15) is 11.9 Å². The van der Waals surface area contributed by atoms with Gasteiger partial charge in [-0.1, -0.05) is 50.1 Å². The van der Waals surface area contributed by atoms with E-state index in [1.807, 2.05) is 48.7 Å². The Morgan fingerprint density at radius 3 is 2.55 bits per heavy atom. The van der Waals surface area contributed by atoms with Crippen molar-refractivity contribution in [3.63, 3.8) is 0 Å². The normalized spacial score (nSPS) is 15.9. The van der Waals surface area contributed by atoms with E-state index in [2.05, 4.69) is 11.5 Å². The number of halogens is 1. The van der Waals surface area contributed by atoms with Crippen molar-refractivity contribution in [1.82, 2.24) is 9.47 Å². The quantitative estimate of drug-likeness (QED) is 0.503. The molecule has 2 heterocycles. The molecule has 150 valence electrons. The van der Waals surface area contributed by atoms with Gasteiger partial charge < -0.3 is 9.47 Å². The maximum absolute atomic E-state index is 14.7. The zero-order valence-corrected chi connectivity index (χ0v) is 16.9. The van der Waals surface area contributed by atoms with Crippen LogP contribution in [0.5, 0.6) is 0 Å². The van der Waals surface area contributed by atoms with Gasteiger partial charge in [0.15, 0.2) is 0 Å². The van der Waals surface area contributed by atoms with Gasteiger partial charge in [-0.15, -0.1) is 0 Å². The average molecular weight is 391 g/mol. The molecule has 3 aromatic rings. The highest BCUT2D eigenvalue weighted by Gasteiger charge is 2.34. The fraction of sp³-hybridized carbons (Fsp3) is 0.320. The standard InChI is InChI=1S/C25H27FN2O/c1-2-3-4-8-19-12-14-20(15-13-19)25(29)28-18-17-27-16-7-11-23(27)24(28)21-9-5-6-10-22(21)26/h5-7,9-16,24H,2-4,8,17-18H2,1H3. The summed E-state index contributed by atoms with van der Waals surface area (Å²) >= 11 is 0. The molecular weight excluding hydrogens is 363 g/mol. The molecule has 0 spiro atoms. The summed E-state index contributed by atoms with van der Waals surface area (Å²) < 4.78 is 16.8. The summed E-state index contributed by atoms with van der Waals surface area (Å²) in [5.41, 5.74) is 3.40. The number of nitrogens with zero attached hydrogens (tertiary/aromatic N) is 2. The highest BCUT2D eigenvalue weighted by atomic mass is 19.1. The molecule has 4 rings (SSSR count). The summed E-state index contributed by atoms with van der Waals surface area (Å²) in [5.74, 6) is -0.331. The smallest absolute Gasteiger partial charge is 0.254 e. The first-order valence-corrected chi connectivity index (χ1v) is 10.5. The van der Waals surface area contributed by atoms with Crippen molar-refractivity contribution in [3.05, 3.63) is 95.1 Å². The number of carbonyl (C=O) groups excluding carboxylic acids is 1. The Kier molecular flexibility index (Phi) is 5.79. The second-order valence-corrected chi connectivity index (χ2v) is 7.70. The van der Waals surface area contributed by atoms with Gasteiger partial charge in [-0.05, 0) is 48.7 Å². The molecule has 0 radical (unpaired) electrons. The molecule has 1 aliphatic rings. The number of fused-ring (bicyclic) bond motifs is 1. The van der Waals surface area contributed by atoms with Gasteiger partial charge in [-0.25, -0.2) is 4.39 Å². The van der Waals surface area contributed by atoms with Crippen LogP contribution in [-0.4, -0.2) is 21.9 Å². The molecule has 4 heteroatoms. The molecule has 1 aliphatic heterocycles. The van der Waals surface area contributed by atoms with Gasteiger partial charge in [-0.2, -0.15) is 0 Å². The van der Waals surface area contributed by atoms with Crippen molar-refractivity contribution in [3.8, 4) is 0 Å². The summed E-state index contributed by atoms with van der Waals surface area (Å²) in [7, 11) is 0. The van der Waals surface area contributed by atoms with Crippen LogP contribution >= 0.6 is 0 Å². The molecule has 3 nitrogen and oxygen atoms in total. The lowest BCUT2D eigenvalue weighted by molar-refractivity contribution is 0.0661. The lowest BCUT2D eigenvalue weighted by Gasteiger charge is -2.37. The summed E-state index contributed by atoms with van der Waals surface area (Å²) in [6.07, 6.45) is 6.62. The fourth-order valence-corrected chi connectivity index (χ4v) is 4.19. The monoisotopic (exact) mass is 390 g/mol. The van der Waals surface area contributed by atoms with E-state index >= 15 is 0 Å². The minimum atomic E-state index is -0.420. The minimum absolute atomic E-state index is 0.0502. The number of hydrogen-bond acceptors (Lipinski definition) is 1. The molecule has 1 aromatic heterocycles. The number of aryl methyl sites for hydroxylation is 1. The second-order valence-electron chi connectivity index (χ2n) is 7.70. The molecule has 0 saturated carbocycles. The third-order valence-corrected chi connectivity index (χ3v) is 5.77. The largest absolute Gasteiger partial charge is 0.348 e. The first-order valence-electron chi connectivity index (χ1n) is 10.5. The zero-order chi connectivity index (χ0) is 20.2. The summed E-state index contributed by atoms with van der Waals surface area (Å²) in [6.45, 7) is 3.47. The fourth-order valence-electron chi connectivity index (χ4n) is 4.19. The van der Waals surface area contributed by atoms with Gasteiger partial charge in [0.05, 0.1) is 0 Å². The number of benzene rings is 2. The van der Waals surface area contributed by atoms with Crippen molar-refractivity contribution in [2.45, 2.75) is 45.2 Å². The second kappa shape index (κ2) is 8.64. The van der Waals surface area contributed by atoms with Crippen molar-refractivity contribution in [2.75, 3.05) is 6.54 Å². The minimum Gasteiger partial charge on any atom is -0.348 e. The first kappa shape index (κ1) is 19.4. The van der Waals surface area contributed by atoms with Gasteiger partial charge >= 0.3 is 0 Å². The van der Waals surface area contributed by atoms with Gasteiger partial charge in [0.2, 0.25) is 0 Å². The van der Waals surface area contributed by atoms with Crippen molar-refractivity contribution in [2.24, 2.45) is 0 Å². The van der Waals surface area contributed by atoms with Crippen LogP contribution in [0.1, 0.15) is 59.4 Å². The predicted octanol–water partition coefficient (Wildman–Crippen LogP) is 5.61. The van der Waals surface area contributed by atoms with Gasteiger partial charge in [-0.3, -0.25) is 4.79 Å². The molecule has 0 saturated heterocycles. The maximum atomic E-state index is 14.7. The van der Waals surface area contributed by atoms with E-state index < -0.39 is 6.04 Å². The van der Waals surface area contributed by atoms with E-state index in [0.717, 1.165) is 12.1 Å². The number of amides is 1. The lowest BCUT2D eigenvalue weighted by Crippen LogP contribution is -2.42. The van der Waals surface area contributed by atoms with Gasteiger partial charge in [0.25, 0.3) is 5.91 Å². The summed E-state index contributed by atoms with van der Waals surface area (Å²) in [4.78, 5) is 15.2. The molecule has 2 aromatic carbocycles. The van der Waals surface area contributed by atoms with E-state index in [4.69, 9.17) is 0 Å². The third-order valence-electron chi connectivity index (χ3n) is 5.77. The molecule has 0 fully saturated rings. The Morgan fingerprint density at radius 1 is 1.00 bits per heavy atom. The van der Waals surface area contributed by atoms with Crippen LogP contribution in [0.25, 0.3) is 0 Å². The average Bonchev–Trinajstić information content (AvgIpc) is 3.23. The number of unbranched alkanes of at least 4 members (excludes halogenated alkanes) is 2. The molecule has 0 bridgehead atoms. The van der Waals surface area contributed by atoms with E-state index in [1.165, 1.54) is 30.9 Å². The van der Waals surface area contributed by atoms with E-state index in [0.29, 0.717) is 24.2 Å².